The highest BCUT2D eigenvalue weighted by Gasteiger charge is 2.45. The number of nitrogens with one attached hydrogen (secondary N) is 5. The first-order valence-corrected chi connectivity index (χ1v) is 22.4. The van der Waals surface area contributed by atoms with Crippen molar-refractivity contribution in [1.29, 1.82) is 0 Å². The Hall–Kier alpha value is -7.25. The maximum atomic E-state index is 14.0. The van der Waals surface area contributed by atoms with Gasteiger partial charge in [0.05, 0.1) is 41.8 Å². The van der Waals surface area contributed by atoms with Crippen LogP contribution in [-0.2, 0) is 30.3 Å². The quantitative estimate of drug-likeness (QED) is 0.0707. The third kappa shape index (κ3) is 9.97. The molecule has 0 aliphatic carbocycles. The average Bonchev–Trinajstić information content (AvgIpc) is 3.83. The summed E-state index contributed by atoms with van der Waals surface area (Å²) in [6.45, 7) is 4.06. The molecule has 67 heavy (non-hydrogen) atoms. The number of amides is 6. The van der Waals surface area contributed by atoms with Gasteiger partial charge in [-0.1, -0.05) is 12.1 Å². The van der Waals surface area contributed by atoms with Crippen molar-refractivity contribution in [2.75, 3.05) is 80.0 Å². The van der Waals surface area contributed by atoms with Gasteiger partial charge in [-0.2, -0.15) is 5.10 Å². The van der Waals surface area contributed by atoms with Crippen molar-refractivity contribution in [3.8, 4) is 0 Å². The third-order valence-corrected chi connectivity index (χ3v) is 12.5. The van der Waals surface area contributed by atoms with Crippen LogP contribution in [0.3, 0.4) is 0 Å². The summed E-state index contributed by atoms with van der Waals surface area (Å²) in [6, 6.07) is 18.4. The second-order valence-electron chi connectivity index (χ2n) is 17.0. The van der Waals surface area contributed by atoms with Gasteiger partial charge in [-0.25, -0.2) is 8.78 Å². The van der Waals surface area contributed by atoms with Crippen molar-refractivity contribution >= 4 is 69.2 Å². The molecular formula is C48H49F2N9O8. The molecule has 348 valence electrons. The Balaban J connectivity index is 0.771. The standard InChI is InChI=1S/C48H49F2N9O8/c49-30-23-29(24-31(50)26-30)22-28-4-7-37-36(25-28)44(56-55-37)54-45(62)34-6-5-33(27-39(34)52-32-10-18-66-19-11-32)57-14-16-58(17-15-57)42(61)12-20-67-21-13-51-38-3-1-2-35-43(38)48(65)59(47(35)64)40-8-9-41(60)53-46(40)63/h1-7,23-27,32,40,51-52H,8-22H2,(H,53,60,63)(H2,54,55,56,62). The molecule has 5 heterocycles. The number of halogens is 2. The molecule has 4 aromatic carbocycles. The van der Waals surface area contributed by atoms with Crippen LogP contribution in [0.15, 0.2) is 72.8 Å². The fourth-order valence-corrected chi connectivity index (χ4v) is 9.05. The summed E-state index contributed by atoms with van der Waals surface area (Å²) in [5.41, 5.74) is 4.70. The van der Waals surface area contributed by atoms with Gasteiger partial charge in [-0.15, -0.1) is 0 Å². The van der Waals surface area contributed by atoms with Gasteiger partial charge in [0.15, 0.2) is 5.82 Å². The Morgan fingerprint density at radius 1 is 0.836 bits per heavy atom. The molecule has 0 bridgehead atoms. The maximum Gasteiger partial charge on any atom is 0.264 e. The van der Waals surface area contributed by atoms with Gasteiger partial charge >= 0.3 is 0 Å². The first-order chi connectivity index (χ1) is 32.5. The number of piperidine rings is 1. The van der Waals surface area contributed by atoms with Crippen LogP contribution >= 0.6 is 0 Å². The number of nitrogens with zero attached hydrogens (tertiary/aromatic N) is 4. The van der Waals surface area contributed by atoms with E-state index in [2.05, 4.69) is 36.4 Å². The molecule has 0 radical (unpaired) electrons. The number of ether oxygens (including phenoxy) is 2. The molecule has 6 amide bonds. The van der Waals surface area contributed by atoms with Crippen LogP contribution in [0.25, 0.3) is 10.9 Å². The molecule has 0 spiro atoms. The van der Waals surface area contributed by atoms with E-state index in [-0.39, 0.29) is 67.9 Å². The van der Waals surface area contributed by atoms with Crippen LogP contribution < -0.4 is 26.2 Å². The van der Waals surface area contributed by atoms with Crippen LogP contribution in [0.4, 0.5) is 31.7 Å². The predicted octanol–water partition coefficient (Wildman–Crippen LogP) is 4.84. The second kappa shape index (κ2) is 19.7. The Morgan fingerprint density at radius 2 is 1.63 bits per heavy atom. The third-order valence-electron chi connectivity index (χ3n) is 12.5. The summed E-state index contributed by atoms with van der Waals surface area (Å²) >= 11 is 0. The van der Waals surface area contributed by atoms with Gasteiger partial charge in [0.2, 0.25) is 17.7 Å². The number of aromatic amines is 1. The Bertz CT molecular complexity index is 2730. The van der Waals surface area contributed by atoms with Crippen molar-refractivity contribution in [1.82, 2.24) is 25.3 Å². The topological polar surface area (TPSA) is 207 Å². The van der Waals surface area contributed by atoms with Gasteiger partial charge in [-0.05, 0) is 91.4 Å². The number of hydrogen-bond donors (Lipinski definition) is 5. The molecular weight excluding hydrogens is 869 g/mol. The minimum atomic E-state index is -1.06. The van der Waals surface area contributed by atoms with Gasteiger partial charge in [0.25, 0.3) is 17.7 Å². The highest BCUT2D eigenvalue weighted by Crippen LogP contribution is 2.33. The lowest BCUT2D eigenvalue weighted by Gasteiger charge is -2.36. The van der Waals surface area contributed by atoms with Gasteiger partial charge < -0.3 is 35.2 Å². The number of piperazine rings is 1. The summed E-state index contributed by atoms with van der Waals surface area (Å²) in [6.07, 6.45) is 2.12. The number of anilines is 4. The van der Waals surface area contributed by atoms with Crippen molar-refractivity contribution < 1.29 is 47.0 Å². The molecule has 4 aliphatic rings. The van der Waals surface area contributed by atoms with Crippen LogP contribution in [0.1, 0.15) is 74.3 Å². The fraction of sp³-hybridized carbons (Fsp3) is 0.354. The second-order valence-corrected chi connectivity index (χ2v) is 17.0. The number of carbonyl (C=O) groups is 6. The number of fused-ring (bicyclic) bond motifs is 2. The van der Waals surface area contributed by atoms with E-state index in [1.807, 2.05) is 30.3 Å². The van der Waals surface area contributed by atoms with Crippen molar-refractivity contribution in [3.63, 3.8) is 0 Å². The molecule has 1 atom stereocenters. The van der Waals surface area contributed by atoms with E-state index in [0.29, 0.717) is 85.2 Å². The van der Waals surface area contributed by atoms with E-state index in [4.69, 9.17) is 9.47 Å². The van der Waals surface area contributed by atoms with Crippen molar-refractivity contribution in [2.24, 2.45) is 0 Å². The number of benzene rings is 4. The van der Waals surface area contributed by atoms with E-state index in [1.165, 1.54) is 18.2 Å². The lowest BCUT2D eigenvalue weighted by atomic mass is 10.0. The molecule has 3 fully saturated rings. The van der Waals surface area contributed by atoms with Crippen LogP contribution in [0.2, 0.25) is 0 Å². The zero-order valence-corrected chi connectivity index (χ0v) is 36.5. The van der Waals surface area contributed by atoms with Gasteiger partial charge in [-0.3, -0.25) is 44.1 Å². The summed E-state index contributed by atoms with van der Waals surface area (Å²) in [4.78, 5) is 82.7. The number of imide groups is 2. The fourth-order valence-electron chi connectivity index (χ4n) is 9.05. The molecule has 1 unspecified atom stereocenters. The molecule has 17 nitrogen and oxygen atoms in total. The smallest absolute Gasteiger partial charge is 0.264 e. The number of hydrogen-bond acceptors (Lipinski definition) is 12. The molecule has 9 rings (SSSR count). The highest BCUT2D eigenvalue weighted by atomic mass is 19.1. The van der Waals surface area contributed by atoms with Gasteiger partial charge in [0, 0.05) is 86.9 Å². The Kier molecular flexibility index (Phi) is 13.2. The Labute approximate surface area is 383 Å². The van der Waals surface area contributed by atoms with E-state index in [9.17, 15) is 37.5 Å². The minimum absolute atomic E-state index is 0.0328. The molecule has 5 aromatic rings. The van der Waals surface area contributed by atoms with E-state index in [1.54, 1.807) is 23.1 Å². The molecule has 0 saturated carbocycles. The van der Waals surface area contributed by atoms with Crippen molar-refractivity contribution in [3.05, 3.63) is 112 Å². The monoisotopic (exact) mass is 917 g/mol. The molecule has 3 saturated heterocycles. The number of carbonyl (C=O) groups excluding carboxylic acids is 6. The zero-order chi connectivity index (χ0) is 46.6. The SMILES string of the molecule is O=C1CCC(N2C(=O)c3cccc(NCCOCCC(=O)N4CCN(c5ccc(C(=O)Nc6n[nH]c7ccc(Cc8cc(F)cc(F)c8)cc67)c(NC6CCOCC6)c5)CC4)c3C2=O)C(=O)N1. The largest absolute Gasteiger partial charge is 0.382 e. The lowest BCUT2D eigenvalue weighted by molar-refractivity contribution is -0.136. The van der Waals surface area contributed by atoms with Crippen LogP contribution in [0.5, 0.6) is 0 Å². The number of H-pyrrole nitrogens is 1. The van der Waals surface area contributed by atoms with Gasteiger partial charge in [0.1, 0.15) is 17.7 Å². The number of aromatic nitrogens is 2. The first kappa shape index (κ1) is 44.9. The first-order valence-electron chi connectivity index (χ1n) is 22.4. The predicted molar refractivity (Wildman–Crippen MR) is 243 cm³/mol. The summed E-state index contributed by atoms with van der Waals surface area (Å²) in [5, 5.41) is 19.9. The van der Waals surface area contributed by atoms with E-state index in [0.717, 1.165) is 35.1 Å². The molecule has 5 N–H and O–H groups in total. The lowest BCUT2D eigenvalue weighted by Crippen LogP contribution is -2.54. The summed E-state index contributed by atoms with van der Waals surface area (Å²) in [7, 11) is 0. The zero-order valence-electron chi connectivity index (χ0n) is 36.5. The average molecular weight is 918 g/mol. The summed E-state index contributed by atoms with van der Waals surface area (Å²) in [5.74, 6) is -3.69. The normalized spacial score (nSPS) is 17.8. The van der Waals surface area contributed by atoms with Crippen LogP contribution in [-0.4, -0.2) is 127 Å². The van der Waals surface area contributed by atoms with Crippen molar-refractivity contribution in [2.45, 2.75) is 50.6 Å². The summed E-state index contributed by atoms with van der Waals surface area (Å²) < 4.78 is 39.1. The molecule has 19 heteroatoms. The Morgan fingerprint density at radius 3 is 2.40 bits per heavy atom. The maximum absolute atomic E-state index is 14.0. The number of rotatable bonds is 15. The molecule has 1 aromatic heterocycles. The van der Waals surface area contributed by atoms with Crippen LogP contribution in [0, 0.1) is 11.6 Å². The minimum Gasteiger partial charge on any atom is -0.382 e. The van der Waals surface area contributed by atoms with E-state index < -0.39 is 41.3 Å². The molecule has 4 aliphatic heterocycles. The van der Waals surface area contributed by atoms with E-state index >= 15 is 0 Å². The highest BCUT2D eigenvalue weighted by molar-refractivity contribution is 6.25.